The lowest BCUT2D eigenvalue weighted by Gasteiger charge is -1.99. The summed E-state index contributed by atoms with van der Waals surface area (Å²) in [6, 6.07) is 1.80. The van der Waals surface area contributed by atoms with E-state index in [-0.39, 0.29) is 5.91 Å². The molecule has 0 spiro atoms. The Bertz CT molecular complexity index is 480. The molecule has 2 aromatic heterocycles. The molecule has 0 radical (unpaired) electrons. The molecule has 0 unspecified atom stereocenters. The van der Waals surface area contributed by atoms with E-state index in [2.05, 4.69) is 20.0 Å². The first kappa shape index (κ1) is 11.7. The second kappa shape index (κ2) is 5.55. The van der Waals surface area contributed by atoms with Gasteiger partial charge in [0.1, 0.15) is 0 Å². The van der Waals surface area contributed by atoms with E-state index in [9.17, 15) is 4.79 Å². The lowest BCUT2D eigenvalue weighted by atomic mass is 10.3. The SMILES string of the molecule is NC(=O)c1csc(CNCCc2ncon2)c1. The third kappa shape index (κ3) is 3.36. The number of thiophene rings is 1. The van der Waals surface area contributed by atoms with Crippen LogP contribution in [0.1, 0.15) is 21.1 Å². The minimum absolute atomic E-state index is 0.390. The molecule has 7 heteroatoms. The van der Waals surface area contributed by atoms with E-state index in [4.69, 9.17) is 5.73 Å². The van der Waals surface area contributed by atoms with Gasteiger partial charge >= 0.3 is 0 Å². The zero-order valence-electron chi connectivity index (χ0n) is 9.05. The van der Waals surface area contributed by atoms with Gasteiger partial charge in [0, 0.05) is 29.8 Å². The van der Waals surface area contributed by atoms with Crippen LogP contribution in [0.4, 0.5) is 0 Å². The smallest absolute Gasteiger partial charge is 0.249 e. The number of carbonyl (C=O) groups excluding carboxylic acids is 1. The molecule has 0 aliphatic rings. The minimum atomic E-state index is -0.390. The van der Waals surface area contributed by atoms with Crippen molar-refractivity contribution in [3.05, 3.63) is 34.1 Å². The molecule has 0 aliphatic heterocycles. The van der Waals surface area contributed by atoms with Crippen molar-refractivity contribution in [1.29, 1.82) is 0 Å². The molecule has 0 fully saturated rings. The first-order chi connectivity index (χ1) is 8.25. The molecule has 2 heterocycles. The number of hydrogen-bond acceptors (Lipinski definition) is 6. The van der Waals surface area contributed by atoms with Gasteiger partial charge in [0.05, 0.1) is 5.56 Å². The molecule has 2 rings (SSSR count). The molecule has 6 nitrogen and oxygen atoms in total. The summed E-state index contributed by atoms with van der Waals surface area (Å²) in [4.78, 5) is 15.9. The molecule has 0 aromatic carbocycles. The quantitative estimate of drug-likeness (QED) is 0.733. The Kier molecular flexibility index (Phi) is 3.84. The fraction of sp³-hybridized carbons (Fsp3) is 0.300. The van der Waals surface area contributed by atoms with Gasteiger partial charge in [-0.1, -0.05) is 5.16 Å². The normalized spacial score (nSPS) is 10.6. The number of carbonyl (C=O) groups is 1. The number of nitrogens with zero attached hydrogens (tertiary/aromatic N) is 2. The Balaban J connectivity index is 1.72. The summed E-state index contributed by atoms with van der Waals surface area (Å²) in [7, 11) is 0. The van der Waals surface area contributed by atoms with Gasteiger partial charge in [-0.3, -0.25) is 4.79 Å². The molecule has 17 heavy (non-hydrogen) atoms. The third-order valence-corrected chi connectivity index (χ3v) is 3.11. The van der Waals surface area contributed by atoms with Crippen molar-refractivity contribution in [3.8, 4) is 0 Å². The number of aromatic nitrogens is 2. The predicted molar refractivity (Wildman–Crippen MR) is 62.5 cm³/mol. The Morgan fingerprint density at radius 1 is 1.59 bits per heavy atom. The van der Waals surface area contributed by atoms with Crippen LogP contribution >= 0.6 is 11.3 Å². The van der Waals surface area contributed by atoms with Gasteiger partial charge in [-0.2, -0.15) is 4.98 Å². The highest BCUT2D eigenvalue weighted by Gasteiger charge is 2.04. The predicted octanol–water partition coefficient (Wildman–Crippen LogP) is 0.562. The summed E-state index contributed by atoms with van der Waals surface area (Å²) >= 11 is 1.51. The summed E-state index contributed by atoms with van der Waals surface area (Å²) < 4.78 is 4.62. The van der Waals surface area contributed by atoms with Crippen molar-refractivity contribution in [3.63, 3.8) is 0 Å². The van der Waals surface area contributed by atoms with Crippen molar-refractivity contribution in [2.24, 2.45) is 5.73 Å². The van der Waals surface area contributed by atoms with E-state index >= 15 is 0 Å². The van der Waals surface area contributed by atoms with Gasteiger partial charge in [-0.05, 0) is 6.07 Å². The van der Waals surface area contributed by atoms with Crippen LogP contribution in [0, 0.1) is 0 Å². The van der Waals surface area contributed by atoms with Crippen molar-refractivity contribution in [2.45, 2.75) is 13.0 Å². The summed E-state index contributed by atoms with van der Waals surface area (Å²) in [6.07, 6.45) is 2.03. The second-order valence-corrected chi connectivity index (χ2v) is 4.44. The molecular formula is C10H12N4O2S. The Hall–Kier alpha value is -1.73. The van der Waals surface area contributed by atoms with E-state index in [1.165, 1.54) is 17.7 Å². The van der Waals surface area contributed by atoms with Gasteiger partial charge < -0.3 is 15.6 Å². The Morgan fingerprint density at radius 2 is 2.47 bits per heavy atom. The van der Waals surface area contributed by atoms with Gasteiger partial charge in [-0.25, -0.2) is 0 Å². The van der Waals surface area contributed by atoms with Crippen LogP contribution in [-0.2, 0) is 13.0 Å². The zero-order chi connectivity index (χ0) is 12.1. The highest BCUT2D eigenvalue weighted by atomic mass is 32.1. The summed E-state index contributed by atoms with van der Waals surface area (Å²) in [6.45, 7) is 1.46. The van der Waals surface area contributed by atoms with Crippen LogP contribution in [0.2, 0.25) is 0 Å². The van der Waals surface area contributed by atoms with Crippen molar-refractivity contribution < 1.29 is 9.32 Å². The molecule has 0 bridgehead atoms. The number of nitrogens with two attached hydrogens (primary N) is 1. The summed E-state index contributed by atoms with van der Waals surface area (Å²) in [5.41, 5.74) is 5.73. The second-order valence-electron chi connectivity index (χ2n) is 3.44. The standard InChI is InChI=1S/C10H12N4O2S/c11-10(15)7-3-8(17-5-7)4-12-2-1-9-13-6-16-14-9/h3,5-6,12H,1-2,4H2,(H2,11,15). The average molecular weight is 252 g/mol. The lowest BCUT2D eigenvalue weighted by Crippen LogP contribution is -2.16. The van der Waals surface area contributed by atoms with Crippen LogP contribution in [0.5, 0.6) is 0 Å². The third-order valence-electron chi connectivity index (χ3n) is 2.17. The fourth-order valence-corrected chi connectivity index (χ4v) is 2.16. The number of rotatable bonds is 6. The van der Waals surface area contributed by atoms with Crippen LogP contribution in [0.3, 0.4) is 0 Å². The van der Waals surface area contributed by atoms with E-state index < -0.39 is 0 Å². The number of amides is 1. The highest BCUT2D eigenvalue weighted by Crippen LogP contribution is 2.13. The number of primary amides is 1. The molecule has 0 atom stereocenters. The fourth-order valence-electron chi connectivity index (χ4n) is 1.32. The van der Waals surface area contributed by atoms with Gasteiger partial charge in [0.25, 0.3) is 0 Å². The van der Waals surface area contributed by atoms with Crippen LogP contribution in [-0.4, -0.2) is 22.6 Å². The van der Waals surface area contributed by atoms with Gasteiger partial charge in [0.15, 0.2) is 5.82 Å². The number of nitrogens with one attached hydrogen (secondary N) is 1. The zero-order valence-corrected chi connectivity index (χ0v) is 9.87. The molecule has 0 saturated carbocycles. The summed E-state index contributed by atoms with van der Waals surface area (Å²) in [5, 5.41) is 8.69. The lowest BCUT2D eigenvalue weighted by molar-refractivity contribution is 0.100. The monoisotopic (exact) mass is 252 g/mol. The minimum Gasteiger partial charge on any atom is -0.366 e. The Labute approximate surface area is 102 Å². The molecule has 0 saturated heterocycles. The average Bonchev–Trinajstić information content (AvgIpc) is 2.96. The maximum Gasteiger partial charge on any atom is 0.249 e. The molecule has 3 N–H and O–H groups in total. The van der Waals surface area contributed by atoms with Crippen LogP contribution < -0.4 is 11.1 Å². The molecule has 2 aromatic rings. The molecule has 0 aliphatic carbocycles. The molecule has 90 valence electrons. The largest absolute Gasteiger partial charge is 0.366 e. The first-order valence-corrected chi connectivity index (χ1v) is 5.97. The van der Waals surface area contributed by atoms with E-state index in [0.717, 1.165) is 11.4 Å². The van der Waals surface area contributed by atoms with Gasteiger partial charge in [0.2, 0.25) is 12.3 Å². The molecular weight excluding hydrogens is 240 g/mol. The van der Waals surface area contributed by atoms with E-state index in [0.29, 0.717) is 24.4 Å². The first-order valence-electron chi connectivity index (χ1n) is 5.09. The molecule has 1 amide bonds. The van der Waals surface area contributed by atoms with E-state index in [1.54, 1.807) is 11.4 Å². The van der Waals surface area contributed by atoms with Crippen LogP contribution in [0.15, 0.2) is 22.4 Å². The van der Waals surface area contributed by atoms with Gasteiger partial charge in [-0.15, -0.1) is 11.3 Å². The van der Waals surface area contributed by atoms with Crippen molar-refractivity contribution in [1.82, 2.24) is 15.5 Å². The van der Waals surface area contributed by atoms with Crippen molar-refractivity contribution in [2.75, 3.05) is 6.54 Å². The maximum absolute atomic E-state index is 10.9. The topological polar surface area (TPSA) is 94.0 Å². The summed E-state index contributed by atoms with van der Waals surface area (Å²) in [5.74, 6) is 0.292. The van der Waals surface area contributed by atoms with E-state index in [1.807, 2.05) is 0 Å². The number of hydrogen-bond donors (Lipinski definition) is 2. The maximum atomic E-state index is 10.9. The Morgan fingerprint density at radius 3 is 3.12 bits per heavy atom. The highest BCUT2D eigenvalue weighted by molar-refractivity contribution is 7.10. The van der Waals surface area contributed by atoms with Crippen LogP contribution in [0.25, 0.3) is 0 Å². The van der Waals surface area contributed by atoms with Crippen molar-refractivity contribution >= 4 is 17.2 Å².